The van der Waals surface area contributed by atoms with Crippen molar-refractivity contribution in [3.8, 4) is 5.75 Å². The first-order valence-corrected chi connectivity index (χ1v) is 5.34. The summed E-state index contributed by atoms with van der Waals surface area (Å²) in [6, 6.07) is 3.68. The molecule has 0 bridgehead atoms. The van der Waals surface area contributed by atoms with Crippen molar-refractivity contribution in [3.05, 3.63) is 28.8 Å². The molecule has 1 aliphatic carbocycles. The van der Waals surface area contributed by atoms with E-state index in [1.807, 2.05) is 0 Å². The lowest BCUT2D eigenvalue weighted by molar-refractivity contribution is -0.274. The number of carbonyl (C=O) groups is 1. The van der Waals surface area contributed by atoms with Gasteiger partial charge in [0.1, 0.15) is 5.75 Å². The van der Waals surface area contributed by atoms with E-state index in [1.54, 1.807) is 0 Å². The minimum Gasteiger partial charge on any atom is -0.404 e. The first-order valence-electron chi connectivity index (χ1n) is 4.96. The number of hydrogen-bond donors (Lipinski definition) is 0. The molecule has 0 amide bonds. The van der Waals surface area contributed by atoms with Crippen molar-refractivity contribution in [3.63, 3.8) is 0 Å². The van der Waals surface area contributed by atoms with Crippen LogP contribution in [0.3, 0.4) is 0 Å². The molecule has 2 nitrogen and oxygen atoms in total. The fourth-order valence-corrected chi connectivity index (χ4v) is 1.60. The van der Waals surface area contributed by atoms with Crippen molar-refractivity contribution in [1.29, 1.82) is 0 Å². The maximum atomic E-state index is 12.1. The molecule has 92 valence electrons. The lowest BCUT2D eigenvalue weighted by atomic mass is 10.1. The zero-order valence-electron chi connectivity index (χ0n) is 8.55. The summed E-state index contributed by atoms with van der Waals surface area (Å²) < 4.78 is 39.9. The molecule has 0 atom stereocenters. The van der Waals surface area contributed by atoms with Crippen LogP contribution in [-0.4, -0.2) is 12.1 Å². The molecule has 2 rings (SSSR count). The Bertz CT molecular complexity index is 453. The second-order valence-corrected chi connectivity index (χ2v) is 4.24. The summed E-state index contributed by atoms with van der Waals surface area (Å²) in [5, 5.41) is -0.172. The third-order valence-electron chi connectivity index (χ3n) is 2.39. The topological polar surface area (TPSA) is 26.3 Å². The van der Waals surface area contributed by atoms with E-state index in [2.05, 4.69) is 4.74 Å². The van der Waals surface area contributed by atoms with Gasteiger partial charge in [-0.25, -0.2) is 0 Å². The van der Waals surface area contributed by atoms with Gasteiger partial charge in [-0.05, 0) is 31.0 Å². The van der Waals surface area contributed by atoms with Gasteiger partial charge in [-0.2, -0.15) is 0 Å². The normalized spacial score (nSPS) is 15.8. The van der Waals surface area contributed by atoms with Crippen molar-refractivity contribution >= 4 is 17.4 Å². The Labute approximate surface area is 100 Å². The Morgan fingerprint density at radius 1 is 1.35 bits per heavy atom. The summed E-state index contributed by atoms with van der Waals surface area (Å²) in [6.45, 7) is 0. The molecule has 1 aromatic carbocycles. The SMILES string of the molecule is O=C(c1ccc(Cl)c(OC(F)(F)F)c1)C1CC1. The summed E-state index contributed by atoms with van der Waals surface area (Å²) in [7, 11) is 0. The van der Waals surface area contributed by atoms with E-state index in [9.17, 15) is 18.0 Å². The molecule has 1 aromatic rings. The van der Waals surface area contributed by atoms with Gasteiger partial charge < -0.3 is 4.74 Å². The standard InChI is InChI=1S/C11H8ClF3O2/c12-8-4-3-7(10(16)6-1-2-6)5-9(8)17-11(13,14)15/h3-6H,1-2H2. The zero-order valence-corrected chi connectivity index (χ0v) is 9.31. The van der Waals surface area contributed by atoms with E-state index in [1.165, 1.54) is 12.1 Å². The van der Waals surface area contributed by atoms with Crippen molar-refractivity contribution in [2.24, 2.45) is 5.92 Å². The lowest BCUT2D eigenvalue weighted by Crippen LogP contribution is -2.17. The number of carbonyl (C=O) groups excluding carboxylic acids is 1. The van der Waals surface area contributed by atoms with E-state index in [0.29, 0.717) is 0 Å². The number of alkyl halides is 3. The number of rotatable bonds is 3. The van der Waals surface area contributed by atoms with Gasteiger partial charge in [0.05, 0.1) is 5.02 Å². The Hall–Kier alpha value is -1.23. The molecule has 0 aliphatic heterocycles. The average molecular weight is 265 g/mol. The van der Waals surface area contributed by atoms with Gasteiger partial charge in [0.2, 0.25) is 0 Å². The highest BCUT2D eigenvalue weighted by Gasteiger charge is 2.34. The van der Waals surface area contributed by atoms with E-state index < -0.39 is 12.1 Å². The Morgan fingerprint density at radius 3 is 2.53 bits per heavy atom. The molecule has 0 saturated heterocycles. The van der Waals surface area contributed by atoms with Crippen LogP contribution in [0.25, 0.3) is 0 Å². The maximum absolute atomic E-state index is 12.1. The van der Waals surface area contributed by atoms with Crippen LogP contribution in [0.15, 0.2) is 18.2 Å². The number of benzene rings is 1. The number of halogens is 4. The highest BCUT2D eigenvalue weighted by atomic mass is 35.5. The van der Waals surface area contributed by atoms with Crippen molar-refractivity contribution in [2.75, 3.05) is 0 Å². The quantitative estimate of drug-likeness (QED) is 0.776. The minimum absolute atomic E-state index is 0.0603. The summed E-state index contributed by atoms with van der Waals surface area (Å²) in [5.41, 5.74) is 0.205. The predicted octanol–water partition coefficient (Wildman–Crippen LogP) is 3.83. The number of ketones is 1. The van der Waals surface area contributed by atoms with E-state index in [-0.39, 0.29) is 22.3 Å². The first-order chi connectivity index (χ1) is 7.87. The van der Waals surface area contributed by atoms with Gasteiger partial charge >= 0.3 is 6.36 Å². The fraction of sp³-hybridized carbons (Fsp3) is 0.364. The van der Waals surface area contributed by atoms with Crippen molar-refractivity contribution < 1.29 is 22.7 Å². The van der Waals surface area contributed by atoms with Gasteiger partial charge in [-0.1, -0.05) is 11.6 Å². The summed E-state index contributed by atoms with van der Waals surface area (Å²) in [5.74, 6) is -0.755. The molecule has 1 fully saturated rings. The van der Waals surface area contributed by atoms with Crippen LogP contribution < -0.4 is 4.74 Å². The minimum atomic E-state index is -4.81. The molecule has 0 unspecified atom stereocenters. The van der Waals surface area contributed by atoms with E-state index in [0.717, 1.165) is 18.9 Å². The first kappa shape index (κ1) is 12.2. The molecule has 1 saturated carbocycles. The van der Waals surface area contributed by atoms with Crippen LogP contribution in [-0.2, 0) is 0 Å². The van der Waals surface area contributed by atoms with Crippen molar-refractivity contribution in [1.82, 2.24) is 0 Å². The molecule has 1 aliphatic rings. The molecule has 0 aromatic heterocycles. The smallest absolute Gasteiger partial charge is 0.404 e. The second-order valence-electron chi connectivity index (χ2n) is 3.83. The van der Waals surface area contributed by atoms with Gasteiger partial charge in [0.15, 0.2) is 5.78 Å². The summed E-state index contributed by atoms with van der Waals surface area (Å²) >= 11 is 5.57. The predicted molar refractivity (Wildman–Crippen MR) is 55.2 cm³/mol. The maximum Gasteiger partial charge on any atom is 0.573 e. The van der Waals surface area contributed by atoms with Crippen LogP contribution in [0.5, 0.6) is 5.75 Å². The molecule has 0 spiro atoms. The fourth-order valence-electron chi connectivity index (χ4n) is 1.44. The van der Waals surface area contributed by atoms with Gasteiger partial charge in [-0.3, -0.25) is 4.79 Å². The van der Waals surface area contributed by atoms with E-state index in [4.69, 9.17) is 11.6 Å². The molecule has 6 heteroatoms. The molecule has 0 radical (unpaired) electrons. The van der Waals surface area contributed by atoms with Gasteiger partial charge in [0.25, 0.3) is 0 Å². The third-order valence-corrected chi connectivity index (χ3v) is 2.70. The molecular formula is C11H8ClF3O2. The second kappa shape index (κ2) is 4.22. The zero-order chi connectivity index (χ0) is 12.6. The number of ether oxygens (including phenoxy) is 1. The highest BCUT2D eigenvalue weighted by Crippen LogP contribution is 2.36. The third kappa shape index (κ3) is 3.12. The number of Topliss-reactive ketones (excluding diaryl/α,β-unsaturated/α-hetero) is 1. The molecule has 0 heterocycles. The van der Waals surface area contributed by atoms with Crippen LogP contribution in [0.1, 0.15) is 23.2 Å². The van der Waals surface area contributed by atoms with Crippen molar-refractivity contribution in [2.45, 2.75) is 19.2 Å². The summed E-state index contributed by atoms with van der Waals surface area (Å²) in [4.78, 5) is 11.7. The molecular weight excluding hydrogens is 257 g/mol. The summed E-state index contributed by atoms with van der Waals surface area (Å²) in [6.07, 6.45) is -3.24. The van der Waals surface area contributed by atoms with Gasteiger partial charge in [-0.15, -0.1) is 13.2 Å². The molecule has 17 heavy (non-hydrogen) atoms. The molecule has 0 N–H and O–H groups in total. The van der Waals surface area contributed by atoms with Crippen LogP contribution in [0, 0.1) is 5.92 Å². The monoisotopic (exact) mass is 264 g/mol. The van der Waals surface area contributed by atoms with Gasteiger partial charge in [0, 0.05) is 11.5 Å². The van der Waals surface area contributed by atoms with E-state index >= 15 is 0 Å². The highest BCUT2D eigenvalue weighted by molar-refractivity contribution is 6.32. The van der Waals surface area contributed by atoms with Crippen LogP contribution >= 0.6 is 11.6 Å². The average Bonchev–Trinajstić information content (AvgIpc) is 3.01. The lowest BCUT2D eigenvalue weighted by Gasteiger charge is -2.11. The number of hydrogen-bond acceptors (Lipinski definition) is 2. The Morgan fingerprint density at radius 2 is 2.00 bits per heavy atom. The van der Waals surface area contributed by atoms with Crippen LogP contribution in [0.2, 0.25) is 5.02 Å². The van der Waals surface area contributed by atoms with Crippen LogP contribution in [0.4, 0.5) is 13.2 Å². The Balaban J connectivity index is 2.25. The Kier molecular flexibility index (Phi) is 3.03. The largest absolute Gasteiger partial charge is 0.573 e.